The summed E-state index contributed by atoms with van der Waals surface area (Å²) in [6.45, 7) is 5.86. The second-order valence-corrected chi connectivity index (χ2v) is 4.97. The molecule has 0 fully saturated rings. The highest BCUT2D eigenvalue weighted by atomic mass is 16.5. The zero-order chi connectivity index (χ0) is 14.2. The minimum Gasteiger partial charge on any atom is -0.469 e. The van der Waals surface area contributed by atoms with Crippen molar-refractivity contribution in [2.24, 2.45) is 5.92 Å². The van der Waals surface area contributed by atoms with Gasteiger partial charge >= 0.3 is 11.9 Å². The average Bonchev–Trinajstić information content (AvgIpc) is 2.39. The normalized spacial score (nSPS) is 22.8. The molecule has 1 unspecified atom stereocenters. The number of fused-ring (bicyclic) bond motifs is 1. The van der Waals surface area contributed by atoms with Crippen molar-refractivity contribution >= 4 is 11.9 Å². The summed E-state index contributed by atoms with van der Waals surface area (Å²) in [4.78, 5) is 23.4. The van der Waals surface area contributed by atoms with Crippen LogP contribution in [-0.2, 0) is 19.1 Å². The van der Waals surface area contributed by atoms with Crippen LogP contribution in [0, 0.1) is 5.92 Å². The van der Waals surface area contributed by atoms with E-state index in [1.165, 1.54) is 7.11 Å². The smallest absolute Gasteiger partial charge is 0.339 e. The number of allylic oxidation sites excluding steroid dienone is 4. The molecule has 2 aliphatic rings. The van der Waals surface area contributed by atoms with Crippen LogP contribution in [0.3, 0.4) is 0 Å². The highest BCUT2D eigenvalue weighted by Gasteiger charge is 2.35. The molecule has 0 radical (unpaired) electrons. The summed E-state index contributed by atoms with van der Waals surface area (Å²) >= 11 is 0. The lowest BCUT2D eigenvalue weighted by Gasteiger charge is -2.31. The predicted octanol–water partition coefficient (Wildman–Crippen LogP) is 2.66. The Morgan fingerprint density at radius 3 is 2.74 bits per heavy atom. The molecule has 0 amide bonds. The summed E-state index contributed by atoms with van der Waals surface area (Å²) in [7, 11) is 1.31. The molecule has 0 aromatic heterocycles. The van der Waals surface area contributed by atoms with Gasteiger partial charge in [-0.15, -0.1) is 0 Å². The SMILES string of the molecule is COC(=O)CC1=C(C)C2CC=C(C)C(C)=C2OC1=O. The fraction of sp³-hybridized carbons (Fsp3) is 0.467. The molecule has 1 heterocycles. The minimum atomic E-state index is -0.428. The van der Waals surface area contributed by atoms with E-state index in [-0.39, 0.29) is 12.3 Å². The number of carbonyl (C=O) groups excluding carboxylic acids is 2. The molecule has 0 saturated carbocycles. The second-order valence-electron chi connectivity index (χ2n) is 4.97. The Hall–Kier alpha value is -1.84. The second kappa shape index (κ2) is 5.03. The summed E-state index contributed by atoms with van der Waals surface area (Å²) in [6, 6.07) is 0. The van der Waals surface area contributed by atoms with Crippen LogP contribution in [0.1, 0.15) is 33.6 Å². The van der Waals surface area contributed by atoms with E-state index in [0.717, 1.165) is 28.9 Å². The Labute approximate surface area is 112 Å². The molecule has 0 saturated heterocycles. The first-order valence-corrected chi connectivity index (χ1v) is 6.32. The first kappa shape index (κ1) is 13.6. The van der Waals surface area contributed by atoms with Crippen LogP contribution in [0.5, 0.6) is 0 Å². The van der Waals surface area contributed by atoms with Crippen LogP contribution >= 0.6 is 0 Å². The molecule has 4 heteroatoms. The lowest BCUT2D eigenvalue weighted by Crippen LogP contribution is -2.27. The molecule has 0 spiro atoms. The minimum absolute atomic E-state index is 0.0211. The molecule has 0 N–H and O–H groups in total. The molecule has 4 nitrogen and oxygen atoms in total. The van der Waals surface area contributed by atoms with E-state index in [4.69, 9.17) is 4.74 Å². The molecular weight excluding hydrogens is 244 g/mol. The Morgan fingerprint density at radius 1 is 1.42 bits per heavy atom. The van der Waals surface area contributed by atoms with Gasteiger partial charge in [0.05, 0.1) is 13.5 Å². The molecule has 0 aromatic carbocycles. The fourth-order valence-electron chi connectivity index (χ4n) is 2.49. The van der Waals surface area contributed by atoms with Gasteiger partial charge in [-0.25, -0.2) is 4.79 Å². The molecule has 102 valence electrons. The molecule has 0 aromatic rings. The van der Waals surface area contributed by atoms with E-state index in [1.54, 1.807) is 0 Å². The highest BCUT2D eigenvalue weighted by molar-refractivity contribution is 5.96. The summed E-state index contributed by atoms with van der Waals surface area (Å²) in [6.07, 6.45) is 2.93. The zero-order valence-electron chi connectivity index (χ0n) is 11.7. The third-order valence-electron chi connectivity index (χ3n) is 3.93. The van der Waals surface area contributed by atoms with Crippen molar-refractivity contribution < 1.29 is 19.1 Å². The number of methoxy groups -OCH3 is 1. The zero-order valence-corrected chi connectivity index (χ0v) is 11.7. The van der Waals surface area contributed by atoms with Crippen LogP contribution in [0.25, 0.3) is 0 Å². The van der Waals surface area contributed by atoms with Gasteiger partial charge in [0, 0.05) is 11.5 Å². The molecule has 1 aliphatic carbocycles. The summed E-state index contributed by atoms with van der Waals surface area (Å²) < 4.78 is 10.1. The summed E-state index contributed by atoms with van der Waals surface area (Å²) in [5, 5.41) is 0. The van der Waals surface area contributed by atoms with Crippen molar-refractivity contribution in [2.45, 2.75) is 33.6 Å². The third-order valence-corrected chi connectivity index (χ3v) is 3.93. The van der Waals surface area contributed by atoms with E-state index in [0.29, 0.717) is 5.57 Å². The predicted molar refractivity (Wildman–Crippen MR) is 70.0 cm³/mol. The molecule has 0 bridgehead atoms. The molecule has 1 atom stereocenters. The van der Waals surface area contributed by atoms with Gasteiger partial charge < -0.3 is 9.47 Å². The van der Waals surface area contributed by atoms with Crippen molar-refractivity contribution in [3.05, 3.63) is 34.1 Å². The van der Waals surface area contributed by atoms with Gasteiger partial charge in [0.1, 0.15) is 5.76 Å². The maximum absolute atomic E-state index is 12.0. The van der Waals surface area contributed by atoms with Crippen LogP contribution in [-0.4, -0.2) is 19.0 Å². The highest BCUT2D eigenvalue weighted by Crippen LogP contribution is 2.40. The van der Waals surface area contributed by atoms with Crippen molar-refractivity contribution in [1.29, 1.82) is 0 Å². The Morgan fingerprint density at radius 2 is 2.11 bits per heavy atom. The number of ether oxygens (including phenoxy) is 2. The maximum atomic E-state index is 12.0. The first-order chi connectivity index (χ1) is 8.95. The van der Waals surface area contributed by atoms with Gasteiger partial charge in [-0.1, -0.05) is 11.6 Å². The van der Waals surface area contributed by atoms with Crippen molar-refractivity contribution in [1.82, 2.24) is 0 Å². The van der Waals surface area contributed by atoms with Crippen LogP contribution in [0.4, 0.5) is 0 Å². The van der Waals surface area contributed by atoms with E-state index < -0.39 is 11.9 Å². The van der Waals surface area contributed by atoms with Gasteiger partial charge in [0.15, 0.2) is 0 Å². The lowest BCUT2D eigenvalue weighted by molar-refractivity contribution is -0.143. The number of hydrogen-bond donors (Lipinski definition) is 0. The van der Waals surface area contributed by atoms with Gasteiger partial charge in [0.2, 0.25) is 0 Å². The molecule has 1 aliphatic heterocycles. The van der Waals surface area contributed by atoms with Gasteiger partial charge in [-0.05, 0) is 38.3 Å². The topological polar surface area (TPSA) is 52.6 Å². The van der Waals surface area contributed by atoms with Gasteiger partial charge in [-0.3, -0.25) is 4.79 Å². The van der Waals surface area contributed by atoms with E-state index >= 15 is 0 Å². The number of carbonyl (C=O) groups is 2. The molecular formula is C15H18O4. The van der Waals surface area contributed by atoms with E-state index in [1.807, 2.05) is 20.8 Å². The van der Waals surface area contributed by atoms with E-state index in [9.17, 15) is 9.59 Å². The van der Waals surface area contributed by atoms with Crippen LogP contribution < -0.4 is 0 Å². The monoisotopic (exact) mass is 262 g/mol. The average molecular weight is 262 g/mol. The lowest BCUT2D eigenvalue weighted by atomic mass is 9.81. The fourth-order valence-corrected chi connectivity index (χ4v) is 2.49. The number of rotatable bonds is 2. The van der Waals surface area contributed by atoms with Crippen molar-refractivity contribution in [3.8, 4) is 0 Å². The molecule has 19 heavy (non-hydrogen) atoms. The number of hydrogen-bond acceptors (Lipinski definition) is 4. The summed E-state index contributed by atoms with van der Waals surface area (Å²) in [5.74, 6) is -0.0432. The van der Waals surface area contributed by atoms with Crippen molar-refractivity contribution in [3.63, 3.8) is 0 Å². The quantitative estimate of drug-likeness (QED) is 0.718. The first-order valence-electron chi connectivity index (χ1n) is 6.32. The van der Waals surface area contributed by atoms with Gasteiger partial charge in [-0.2, -0.15) is 0 Å². The number of esters is 2. The van der Waals surface area contributed by atoms with Gasteiger partial charge in [0.25, 0.3) is 0 Å². The van der Waals surface area contributed by atoms with E-state index in [2.05, 4.69) is 10.8 Å². The third kappa shape index (κ3) is 2.35. The van der Waals surface area contributed by atoms with Crippen molar-refractivity contribution in [2.75, 3.05) is 7.11 Å². The Kier molecular flexibility index (Phi) is 3.60. The van der Waals surface area contributed by atoms with Crippen LogP contribution in [0.15, 0.2) is 34.1 Å². The largest absolute Gasteiger partial charge is 0.469 e. The summed E-state index contributed by atoms with van der Waals surface area (Å²) in [5.41, 5.74) is 3.51. The Bertz CT molecular complexity index is 534. The van der Waals surface area contributed by atoms with Crippen LogP contribution in [0.2, 0.25) is 0 Å². The standard InChI is InChI=1S/C15H18O4/c1-8-5-6-11-10(3)12(7-13(16)18-4)15(17)19-14(11)9(8)2/h5,11H,6-7H2,1-4H3. The maximum Gasteiger partial charge on any atom is 0.339 e. The Balaban J connectivity index is 2.39. The molecule has 2 rings (SSSR count).